The Labute approximate surface area is 88.9 Å². The van der Waals surface area contributed by atoms with Gasteiger partial charge in [-0.2, -0.15) is 5.26 Å². The average molecular weight is 204 g/mol. The third-order valence-electron chi connectivity index (χ3n) is 3.04. The Hall–Kier alpha value is -1.56. The highest BCUT2D eigenvalue weighted by Gasteiger charge is 2.22. The van der Waals surface area contributed by atoms with Gasteiger partial charge in [0.15, 0.2) is 0 Å². The molecule has 0 spiro atoms. The van der Waals surface area contributed by atoms with Gasteiger partial charge in [0.05, 0.1) is 11.6 Å². The Morgan fingerprint density at radius 3 is 2.67 bits per heavy atom. The number of hydrogen-bond acceptors (Lipinski definition) is 2. The van der Waals surface area contributed by atoms with Crippen molar-refractivity contribution in [1.82, 2.24) is 0 Å². The number of halogens is 1. The van der Waals surface area contributed by atoms with Gasteiger partial charge in [0, 0.05) is 18.8 Å². The molecule has 78 valence electrons. The van der Waals surface area contributed by atoms with Gasteiger partial charge in [-0.05, 0) is 37.5 Å². The Morgan fingerprint density at radius 1 is 1.40 bits per heavy atom. The van der Waals surface area contributed by atoms with Crippen molar-refractivity contribution in [2.75, 3.05) is 11.9 Å². The van der Waals surface area contributed by atoms with Gasteiger partial charge in [0.1, 0.15) is 5.82 Å². The lowest BCUT2D eigenvalue weighted by Crippen LogP contribution is -2.37. The predicted octanol–water partition coefficient (Wildman–Crippen LogP) is 2.69. The van der Waals surface area contributed by atoms with Crippen LogP contribution in [0.5, 0.6) is 0 Å². The van der Waals surface area contributed by atoms with E-state index >= 15 is 0 Å². The third-order valence-corrected chi connectivity index (χ3v) is 3.04. The van der Waals surface area contributed by atoms with E-state index in [0.29, 0.717) is 11.6 Å². The number of anilines is 1. The van der Waals surface area contributed by atoms with Gasteiger partial charge in [0.25, 0.3) is 0 Å². The summed E-state index contributed by atoms with van der Waals surface area (Å²) in [6.07, 6.45) is 3.57. The smallest absolute Gasteiger partial charge is 0.126 e. The van der Waals surface area contributed by atoms with Gasteiger partial charge in [-0.3, -0.25) is 0 Å². The van der Waals surface area contributed by atoms with Crippen LogP contribution in [0.25, 0.3) is 0 Å². The molecule has 0 radical (unpaired) electrons. The second-order valence-corrected chi connectivity index (χ2v) is 4.01. The van der Waals surface area contributed by atoms with Gasteiger partial charge >= 0.3 is 0 Å². The number of hydrogen-bond donors (Lipinski definition) is 0. The molecule has 2 rings (SSSR count). The highest BCUT2D eigenvalue weighted by molar-refractivity contribution is 5.52. The molecule has 0 unspecified atom stereocenters. The molecule has 1 fully saturated rings. The summed E-state index contributed by atoms with van der Waals surface area (Å²) in [4.78, 5) is 2.06. The summed E-state index contributed by atoms with van der Waals surface area (Å²) >= 11 is 0. The van der Waals surface area contributed by atoms with Crippen molar-refractivity contribution in [2.24, 2.45) is 0 Å². The van der Waals surface area contributed by atoms with Crippen LogP contribution in [-0.4, -0.2) is 13.1 Å². The average Bonchev–Trinajstić information content (AvgIpc) is 2.14. The van der Waals surface area contributed by atoms with Crippen LogP contribution < -0.4 is 4.90 Å². The van der Waals surface area contributed by atoms with Gasteiger partial charge < -0.3 is 4.90 Å². The normalized spacial score (nSPS) is 15.5. The third kappa shape index (κ3) is 1.94. The molecule has 1 aliphatic rings. The lowest BCUT2D eigenvalue weighted by Gasteiger charge is -2.36. The first-order valence-electron chi connectivity index (χ1n) is 5.14. The fourth-order valence-corrected chi connectivity index (χ4v) is 1.83. The van der Waals surface area contributed by atoms with Crippen LogP contribution in [0.3, 0.4) is 0 Å². The van der Waals surface area contributed by atoms with Crippen LogP contribution in [-0.2, 0) is 0 Å². The van der Waals surface area contributed by atoms with Crippen LogP contribution >= 0.6 is 0 Å². The molecule has 0 amide bonds. The summed E-state index contributed by atoms with van der Waals surface area (Å²) in [5.41, 5.74) is 1.19. The lowest BCUT2D eigenvalue weighted by molar-refractivity contribution is 0.401. The lowest BCUT2D eigenvalue weighted by atomic mass is 9.91. The minimum atomic E-state index is -0.338. The molecule has 0 aliphatic heterocycles. The quantitative estimate of drug-likeness (QED) is 0.740. The van der Waals surface area contributed by atoms with E-state index in [1.807, 2.05) is 13.1 Å². The molecular formula is C12H13FN2. The van der Waals surface area contributed by atoms with E-state index in [9.17, 15) is 4.39 Å². The Bertz CT molecular complexity index is 405. The van der Waals surface area contributed by atoms with Gasteiger partial charge in [-0.1, -0.05) is 0 Å². The molecule has 1 aliphatic carbocycles. The zero-order valence-corrected chi connectivity index (χ0v) is 8.70. The summed E-state index contributed by atoms with van der Waals surface area (Å²) < 4.78 is 13.2. The van der Waals surface area contributed by atoms with E-state index in [-0.39, 0.29) is 5.82 Å². The largest absolute Gasteiger partial charge is 0.371 e. The number of nitriles is 1. The zero-order valence-electron chi connectivity index (χ0n) is 8.70. The first kappa shape index (κ1) is 9.97. The summed E-state index contributed by atoms with van der Waals surface area (Å²) in [6.45, 7) is 0. The van der Waals surface area contributed by atoms with E-state index < -0.39 is 0 Å². The van der Waals surface area contributed by atoms with Crippen molar-refractivity contribution in [3.63, 3.8) is 0 Å². The van der Waals surface area contributed by atoms with E-state index in [0.717, 1.165) is 18.5 Å². The monoisotopic (exact) mass is 204 g/mol. The molecule has 0 atom stereocenters. The van der Waals surface area contributed by atoms with Gasteiger partial charge in [-0.15, -0.1) is 0 Å². The maximum absolute atomic E-state index is 13.2. The van der Waals surface area contributed by atoms with Crippen molar-refractivity contribution >= 4 is 5.69 Å². The van der Waals surface area contributed by atoms with Gasteiger partial charge in [0.2, 0.25) is 0 Å². The second kappa shape index (κ2) is 3.90. The van der Waals surface area contributed by atoms with E-state index in [1.165, 1.54) is 18.6 Å². The molecule has 0 bridgehead atoms. The molecule has 1 aromatic carbocycles. The molecule has 0 aromatic heterocycles. The Balaban J connectivity index is 2.27. The second-order valence-electron chi connectivity index (χ2n) is 4.01. The van der Waals surface area contributed by atoms with Crippen LogP contribution in [0, 0.1) is 17.1 Å². The molecule has 1 saturated carbocycles. The van der Waals surface area contributed by atoms with Crippen molar-refractivity contribution in [1.29, 1.82) is 5.26 Å². The Kier molecular flexibility index (Phi) is 2.59. The molecule has 3 heteroatoms. The first-order valence-corrected chi connectivity index (χ1v) is 5.14. The molecule has 2 nitrogen and oxygen atoms in total. The van der Waals surface area contributed by atoms with E-state index in [1.54, 1.807) is 6.07 Å². The zero-order chi connectivity index (χ0) is 10.8. The maximum atomic E-state index is 13.2. The molecule has 15 heavy (non-hydrogen) atoms. The van der Waals surface area contributed by atoms with E-state index in [4.69, 9.17) is 5.26 Å². The topological polar surface area (TPSA) is 27.0 Å². The van der Waals surface area contributed by atoms with Crippen molar-refractivity contribution in [2.45, 2.75) is 25.3 Å². The fourth-order valence-electron chi connectivity index (χ4n) is 1.83. The summed E-state index contributed by atoms with van der Waals surface area (Å²) in [6, 6.07) is 6.97. The van der Waals surface area contributed by atoms with Crippen molar-refractivity contribution < 1.29 is 4.39 Å². The maximum Gasteiger partial charge on any atom is 0.126 e. The minimum absolute atomic E-state index is 0.338. The van der Waals surface area contributed by atoms with Gasteiger partial charge in [-0.25, -0.2) is 4.39 Å². The number of rotatable bonds is 2. The fraction of sp³-hybridized carbons (Fsp3) is 0.417. The van der Waals surface area contributed by atoms with Crippen LogP contribution in [0.1, 0.15) is 24.8 Å². The van der Waals surface area contributed by atoms with Crippen molar-refractivity contribution in [3.05, 3.63) is 29.6 Å². The molecule has 0 heterocycles. The standard InChI is InChI=1S/C12H13FN2/c1-15(11-3-2-4-11)12-6-9(8-14)5-10(13)7-12/h5-7,11H,2-4H2,1H3. The molecule has 1 aromatic rings. The summed E-state index contributed by atoms with van der Waals surface area (Å²) in [5, 5.41) is 8.74. The first-order chi connectivity index (χ1) is 7.20. The van der Waals surface area contributed by atoms with Crippen LogP contribution in [0.4, 0.5) is 10.1 Å². The summed E-state index contributed by atoms with van der Waals surface area (Å²) in [7, 11) is 1.96. The van der Waals surface area contributed by atoms with E-state index in [2.05, 4.69) is 4.90 Å². The van der Waals surface area contributed by atoms with Crippen LogP contribution in [0.15, 0.2) is 18.2 Å². The number of benzene rings is 1. The van der Waals surface area contributed by atoms with Crippen molar-refractivity contribution in [3.8, 4) is 6.07 Å². The summed E-state index contributed by atoms with van der Waals surface area (Å²) in [5.74, 6) is -0.338. The number of nitrogens with zero attached hydrogens (tertiary/aromatic N) is 2. The predicted molar refractivity (Wildman–Crippen MR) is 57.2 cm³/mol. The molecule has 0 N–H and O–H groups in total. The SMILES string of the molecule is CN(c1cc(F)cc(C#N)c1)C1CCC1. The highest BCUT2D eigenvalue weighted by Crippen LogP contribution is 2.28. The molecule has 0 saturated heterocycles. The minimum Gasteiger partial charge on any atom is -0.371 e. The Morgan fingerprint density at radius 2 is 2.13 bits per heavy atom. The highest BCUT2D eigenvalue weighted by atomic mass is 19.1. The molecular weight excluding hydrogens is 191 g/mol. The van der Waals surface area contributed by atoms with Crippen LogP contribution in [0.2, 0.25) is 0 Å².